The van der Waals surface area contributed by atoms with Crippen molar-refractivity contribution in [1.82, 2.24) is 14.8 Å². The van der Waals surface area contributed by atoms with Crippen LogP contribution in [0.25, 0.3) is 0 Å². The van der Waals surface area contributed by atoms with Gasteiger partial charge in [-0.1, -0.05) is 0 Å². The molecule has 1 amide bonds. The minimum atomic E-state index is -5.05. The van der Waals surface area contributed by atoms with Gasteiger partial charge in [-0.05, 0) is 30.3 Å². The molecule has 1 aliphatic rings. The van der Waals surface area contributed by atoms with E-state index in [1.54, 1.807) is 19.4 Å². The Balaban J connectivity index is 1.68. The Morgan fingerprint density at radius 2 is 1.88 bits per heavy atom. The van der Waals surface area contributed by atoms with Crippen molar-refractivity contribution in [2.24, 2.45) is 0 Å². The van der Waals surface area contributed by atoms with Crippen LogP contribution in [-0.2, 0) is 17.4 Å². The third-order valence-electron chi connectivity index (χ3n) is 4.77. The van der Waals surface area contributed by atoms with Gasteiger partial charge in [-0.15, -0.1) is 13.2 Å². The number of carbonyl (C=O) groups excluding carboxylic acids is 1. The SMILES string of the molecule is COc1cccnc1CN1CCN(C(=O)c2ccc(N[SH](=O)=O)c(OC(F)(F)F)c2)CC1. The van der Waals surface area contributed by atoms with Gasteiger partial charge in [-0.2, -0.15) is 0 Å². The molecule has 3 rings (SSSR count). The molecule has 2 heterocycles. The highest BCUT2D eigenvalue weighted by molar-refractivity contribution is 7.73. The summed E-state index contributed by atoms with van der Waals surface area (Å²) < 4.78 is 70.9. The number of alkyl halides is 3. The number of thiol groups is 1. The maximum absolute atomic E-state index is 12.8. The van der Waals surface area contributed by atoms with Crippen molar-refractivity contribution in [2.75, 3.05) is 38.0 Å². The number of amides is 1. The molecule has 0 atom stereocenters. The van der Waals surface area contributed by atoms with Crippen LogP contribution >= 0.6 is 0 Å². The van der Waals surface area contributed by atoms with Gasteiger partial charge in [0.15, 0.2) is 5.75 Å². The lowest BCUT2D eigenvalue weighted by Gasteiger charge is -2.34. The minimum absolute atomic E-state index is 0.0456. The zero-order valence-electron chi connectivity index (χ0n) is 17.0. The van der Waals surface area contributed by atoms with Crippen molar-refractivity contribution in [3.63, 3.8) is 0 Å². The third-order valence-corrected chi connectivity index (χ3v) is 5.19. The van der Waals surface area contributed by atoms with Crippen LogP contribution in [0.3, 0.4) is 0 Å². The van der Waals surface area contributed by atoms with Gasteiger partial charge in [0.1, 0.15) is 5.75 Å². The van der Waals surface area contributed by atoms with Gasteiger partial charge in [0, 0.05) is 44.5 Å². The number of carbonyl (C=O) groups is 1. The Bertz CT molecular complexity index is 1030. The summed E-state index contributed by atoms with van der Waals surface area (Å²) in [6.07, 6.45) is -3.38. The molecule has 0 spiro atoms. The summed E-state index contributed by atoms with van der Waals surface area (Å²) in [4.78, 5) is 20.7. The van der Waals surface area contributed by atoms with E-state index in [9.17, 15) is 26.4 Å². The van der Waals surface area contributed by atoms with Gasteiger partial charge in [0.05, 0.1) is 18.5 Å². The second-order valence-corrected chi connectivity index (χ2v) is 7.59. The van der Waals surface area contributed by atoms with Crippen LogP contribution in [0.15, 0.2) is 36.5 Å². The lowest BCUT2D eigenvalue weighted by Crippen LogP contribution is -2.48. The highest BCUT2D eigenvalue weighted by Gasteiger charge is 2.33. The van der Waals surface area contributed by atoms with E-state index in [4.69, 9.17) is 4.74 Å². The second-order valence-electron chi connectivity index (χ2n) is 6.85. The van der Waals surface area contributed by atoms with Crippen molar-refractivity contribution >= 4 is 22.5 Å². The van der Waals surface area contributed by atoms with E-state index in [1.165, 1.54) is 11.0 Å². The standard InChI is InChI=1S/C19H21F3N4O5S/c1-30-16-3-2-6-23-15(16)12-25-7-9-26(10-8-25)18(27)13-4-5-14(24-32(28)29)17(11-13)31-19(20,21)22/h2-6,11,32H,7-10,12H2,1H3,(H,24,28,29). The van der Waals surface area contributed by atoms with Crippen LogP contribution in [0.4, 0.5) is 18.9 Å². The normalized spacial score (nSPS) is 15.0. The summed E-state index contributed by atoms with van der Waals surface area (Å²) in [5.41, 5.74) is 0.309. The zero-order chi connectivity index (χ0) is 23.3. The predicted octanol–water partition coefficient (Wildman–Crippen LogP) is 1.89. The summed E-state index contributed by atoms with van der Waals surface area (Å²) in [6, 6.07) is 6.76. The number of hydrogen-bond acceptors (Lipinski definition) is 7. The number of benzene rings is 1. The molecule has 9 nitrogen and oxygen atoms in total. The van der Waals surface area contributed by atoms with Crippen molar-refractivity contribution < 1.29 is 35.9 Å². The van der Waals surface area contributed by atoms with E-state index >= 15 is 0 Å². The van der Waals surface area contributed by atoms with Gasteiger partial charge in [-0.25, -0.2) is 8.42 Å². The topological polar surface area (TPSA) is 101 Å². The molecule has 174 valence electrons. The predicted molar refractivity (Wildman–Crippen MR) is 109 cm³/mol. The molecule has 1 N–H and O–H groups in total. The summed E-state index contributed by atoms with van der Waals surface area (Å²) >= 11 is 0. The molecule has 1 aromatic carbocycles. The first-order chi connectivity index (χ1) is 15.2. The molecule has 1 aliphatic heterocycles. The lowest BCUT2D eigenvalue weighted by molar-refractivity contribution is -0.274. The Hall–Kier alpha value is -3.06. The van der Waals surface area contributed by atoms with E-state index in [2.05, 4.69) is 14.6 Å². The Labute approximate surface area is 183 Å². The first-order valence-electron chi connectivity index (χ1n) is 9.46. The maximum Gasteiger partial charge on any atom is 0.573 e. The molecule has 0 aliphatic carbocycles. The van der Waals surface area contributed by atoms with Crippen molar-refractivity contribution in [2.45, 2.75) is 12.9 Å². The highest BCUT2D eigenvalue weighted by atomic mass is 32.2. The van der Waals surface area contributed by atoms with Crippen LogP contribution in [0.1, 0.15) is 16.1 Å². The quantitative estimate of drug-likeness (QED) is 0.591. The van der Waals surface area contributed by atoms with Gasteiger partial charge >= 0.3 is 6.36 Å². The number of halogens is 3. The number of anilines is 1. The fourth-order valence-electron chi connectivity index (χ4n) is 3.29. The molecular weight excluding hydrogens is 453 g/mol. The number of methoxy groups -OCH3 is 1. The molecule has 1 aromatic heterocycles. The molecule has 2 aromatic rings. The summed E-state index contributed by atoms with van der Waals surface area (Å²) in [7, 11) is -1.65. The Kier molecular flexibility index (Phi) is 7.40. The average molecular weight is 474 g/mol. The molecule has 0 radical (unpaired) electrons. The fourth-order valence-corrected chi connectivity index (χ4v) is 3.67. The molecule has 1 saturated heterocycles. The van der Waals surface area contributed by atoms with Gasteiger partial charge in [0.25, 0.3) is 5.91 Å². The van der Waals surface area contributed by atoms with E-state index < -0.39 is 34.6 Å². The zero-order valence-corrected chi connectivity index (χ0v) is 17.9. The highest BCUT2D eigenvalue weighted by Crippen LogP contribution is 2.32. The van der Waals surface area contributed by atoms with E-state index in [-0.39, 0.29) is 5.56 Å². The molecular formula is C19H21F3N4O5S. The summed E-state index contributed by atoms with van der Waals surface area (Å²) in [5, 5.41) is 0. The van der Waals surface area contributed by atoms with Crippen molar-refractivity contribution in [3.8, 4) is 11.5 Å². The number of hydrogen-bond donors (Lipinski definition) is 2. The number of piperazine rings is 1. The lowest BCUT2D eigenvalue weighted by atomic mass is 10.1. The Morgan fingerprint density at radius 3 is 2.50 bits per heavy atom. The number of rotatable bonds is 7. The van der Waals surface area contributed by atoms with Crippen molar-refractivity contribution in [3.05, 3.63) is 47.8 Å². The van der Waals surface area contributed by atoms with Crippen LogP contribution in [0.2, 0.25) is 0 Å². The summed E-state index contributed by atoms with van der Waals surface area (Å²) in [5.74, 6) is -0.620. The van der Waals surface area contributed by atoms with Crippen LogP contribution < -0.4 is 14.2 Å². The van der Waals surface area contributed by atoms with E-state index in [0.717, 1.165) is 17.8 Å². The first kappa shape index (κ1) is 23.6. The largest absolute Gasteiger partial charge is 0.573 e. The van der Waals surface area contributed by atoms with E-state index in [0.29, 0.717) is 38.5 Å². The van der Waals surface area contributed by atoms with Gasteiger partial charge < -0.3 is 14.4 Å². The fraction of sp³-hybridized carbons (Fsp3) is 0.368. The second kappa shape index (κ2) is 10.0. The molecule has 0 saturated carbocycles. The smallest absolute Gasteiger partial charge is 0.495 e. The molecule has 13 heteroatoms. The minimum Gasteiger partial charge on any atom is -0.495 e. The van der Waals surface area contributed by atoms with E-state index in [1.807, 2.05) is 10.8 Å². The van der Waals surface area contributed by atoms with Crippen LogP contribution in [0, 0.1) is 0 Å². The van der Waals surface area contributed by atoms with Crippen LogP contribution in [0.5, 0.6) is 11.5 Å². The average Bonchev–Trinajstić information content (AvgIpc) is 2.74. The monoisotopic (exact) mass is 474 g/mol. The Morgan fingerprint density at radius 1 is 1.16 bits per heavy atom. The number of pyridine rings is 1. The number of ether oxygens (including phenoxy) is 2. The number of nitrogens with one attached hydrogen (secondary N) is 1. The van der Waals surface area contributed by atoms with Gasteiger partial charge in [-0.3, -0.25) is 19.4 Å². The van der Waals surface area contributed by atoms with Gasteiger partial charge in [0.2, 0.25) is 10.9 Å². The number of nitrogens with zero attached hydrogens (tertiary/aromatic N) is 3. The summed E-state index contributed by atoms with van der Waals surface area (Å²) in [6.45, 7) is 2.32. The number of aromatic nitrogens is 1. The maximum atomic E-state index is 12.8. The first-order valence-corrected chi connectivity index (χ1v) is 10.6. The molecule has 0 bridgehead atoms. The van der Waals surface area contributed by atoms with Crippen molar-refractivity contribution in [1.29, 1.82) is 0 Å². The molecule has 32 heavy (non-hydrogen) atoms. The molecule has 0 unspecified atom stereocenters. The third kappa shape index (κ3) is 6.23. The molecule has 1 fully saturated rings. The van der Waals surface area contributed by atoms with Crippen LogP contribution in [-0.4, -0.2) is 68.8 Å².